The van der Waals surface area contributed by atoms with Gasteiger partial charge in [0.15, 0.2) is 23.3 Å². The zero-order valence-corrected chi connectivity index (χ0v) is 16.0. The second kappa shape index (κ2) is 8.74. The lowest BCUT2D eigenvalue weighted by Gasteiger charge is -2.06. The maximum Gasteiger partial charge on any atom is 0.264 e. The third-order valence-electron chi connectivity index (χ3n) is 3.37. The zero-order chi connectivity index (χ0) is 19.2. The van der Waals surface area contributed by atoms with Gasteiger partial charge in [-0.2, -0.15) is 0 Å². The molecule has 1 aromatic carbocycles. The molecule has 0 aliphatic rings. The summed E-state index contributed by atoms with van der Waals surface area (Å²) >= 11 is 2.81. The molecular weight excluding hydrogens is 389 g/mol. The van der Waals surface area contributed by atoms with Gasteiger partial charge in [0.25, 0.3) is 5.91 Å². The van der Waals surface area contributed by atoms with Gasteiger partial charge in [0.1, 0.15) is 0 Å². The third-order valence-corrected chi connectivity index (χ3v) is 5.24. The van der Waals surface area contributed by atoms with E-state index in [1.54, 1.807) is 12.1 Å². The van der Waals surface area contributed by atoms with Gasteiger partial charge in [-0.25, -0.2) is 9.37 Å². The van der Waals surface area contributed by atoms with E-state index in [2.05, 4.69) is 15.6 Å². The third kappa shape index (κ3) is 5.35. The number of aromatic nitrogens is 1. The Kier molecular flexibility index (Phi) is 6.15. The van der Waals surface area contributed by atoms with Crippen molar-refractivity contribution < 1.29 is 18.7 Å². The number of halogens is 1. The highest BCUT2D eigenvalue weighted by Crippen LogP contribution is 2.30. The predicted octanol–water partition coefficient (Wildman–Crippen LogP) is 3.66. The summed E-state index contributed by atoms with van der Waals surface area (Å²) in [5, 5.41) is 7.65. The molecule has 2 amide bonds. The number of hydrogen-bond donors (Lipinski definition) is 2. The SMILES string of the molecule is CC(=O)NCc1ccc(-c2csc(NC(=O)COc3ccccc3F)n2)s1. The summed E-state index contributed by atoms with van der Waals surface area (Å²) in [5.41, 5.74) is 0.740. The van der Waals surface area contributed by atoms with Crippen molar-refractivity contribution in [1.82, 2.24) is 10.3 Å². The number of rotatable bonds is 7. The number of thiophene rings is 1. The summed E-state index contributed by atoms with van der Waals surface area (Å²) in [6.07, 6.45) is 0. The lowest BCUT2D eigenvalue weighted by Crippen LogP contribution is -2.20. The van der Waals surface area contributed by atoms with Crippen molar-refractivity contribution in [3.8, 4) is 16.3 Å². The Bertz CT molecular complexity index is 955. The molecule has 140 valence electrons. The number of para-hydroxylation sites is 1. The average molecular weight is 405 g/mol. The van der Waals surface area contributed by atoms with E-state index in [0.717, 1.165) is 15.4 Å². The molecule has 2 aromatic heterocycles. The van der Waals surface area contributed by atoms with E-state index in [1.807, 2.05) is 17.5 Å². The standard InChI is InChI=1S/C18H16FN3O3S2/c1-11(23)20-8-12-6-7-16(27-12)14-10-26-18(21-14)22-17(24)9-25-15-5-3-2-4-13(15)19/h2-7,10H,8-9H2,1H3,(H,20,23)(H,21,22,24). The number of carbonyl (C=O) groups is 2. The summed E-state index contributed by atoms with van der Waals surface area (Å²) in [5.74, 6) is -0.995. The van der Waals surface area contributed by atoms with E-state index < -0.39 is 11.7 Å². The fraction of sp³-hybridized carbons (Fsp3) is 0.167. The van der Waals surface area contributed by atoms with Gasteiger partial charge in [-0.15, -0.1) is 22.7 Å². The van der Waals surface area contributed by atoms with Crippen LogP contribution in [0.2, 0.25) is 0 Å². The number of benzene rings is 1. The van der Waals surface area contributed by atoms with E-state index in [-0.39, 0.29) is 18.3 Å². The van der Waals surface area contributed by atoms with Gasteiger partial charge in [0, 0.05) is 17.2 Å². The number of nitrogens with zero attached hydrogens (tertiary/aromatic N) is 1. The van der Waals surface area contributed by atoms with Gasteiger partial charge in [0.2, 0.25) is 5.91 Å². The predicted molar refractivity (Wildman–Crippen MR) is 103 cm³/mol. The summed E-state index contributed by atoms with van der Waals surface area (Å²) in [4.78, 5) is 29.3. The van der Waals surface area contributed by atoms with E-state index in [4.69, 9.17) is 4.74 Å². The van der Waals surface area contributed by atoms with Gasteiger partial charge in [0.05, 0.1) is 17.1 Å². The van der Waals surface area contributed by atoms with E-state index in [1.165, 1.54) is 41.7 Å². The molecule has 3 aromatic rings. The van der Waals surface area contributed by atoms with Gasteiger partial charge in [-0.05, 0) is 24.3 Å². The van der Waals surface area contributed by atoms with E-state index in [0.29, 0.717) is 11.7 Å². The average Bonchev–Trinajstić information content (AvgIpc) is 3.28. The van der Waals surface area contributed by atoms with Crippen LogP contribution in [0.3, 0.4) is 0 Å². The largest absolute Gasteiger partial charge is 0.481 e. The topological polar surface area (TPSA) is 80.3 Å². The quantitative estimate of drug-likeness (QED) is 0.629. The second-order valence-electron chi connectivity index (χ2n) is 5.48. The number of ether oxygens (including phenoxy) is 1. The molecule has 0 spiro atoms. The van der Waals surface area contributed by atoms with Crippen LogP contribution in [-0.2, 0) is 16.1 Å². The fourth-order valence-corrected chi connectivity index (χ4v) is 3.84. The first-order valence-corrected chi connectivity index (χ1v) is 9.67. The van der Waals surface area contributed by atoms with Crippen LogP contribution in [0.4, 0.5) is 9.52 Å². The molecule has 0 unspecified atom stereocenters. The Labute approximate surface area is 163 Å². The Morgan fingerprint density at radius 2 is 2.04 bits per heavy atom. The molecule has 0 radical (unpaired) electrons. The Balaban J connectivity index is 1.55. The monoisotopic (exact) mass is 405 g/mol. The molecule has 9 heteroatoms. The first-order valence-electron chi connectivity index (χ1n) is 7.97. The van der Waals surface area contributed by atoms with Gasteiger partial charge >= 0.3 is 0 Å². The molecule has 0 saturated heterocycles. The van der Waals surface area contributed by atoms with Crippen LogP contribution < -0.4 is 15.4 Å². The number of anilines is 1. The maximum absolute atomic E-state index is 13.5. The van der Waals surface area contributed by atoms with Crippen LogP contribution in [0.5, 0.6) is 5.75 Å². The maximum atomic E-state index is 13.5. The lowest BCUT2D eigenvalue weighted by molar-refractivity contribution is -0.119. The lowest BCUT2D eigenvalue weighted by atomic mass is 10.3. The van der Waals surface area contributed by atoms with Crippen LogP contribution in [0.15, 0.2) is 41.8 Å². The van der Waals surface area contributed by atoms with Crippen LogP contribution in [0.1, 0.15) is 11.8 Å². The van der Waals surface area contributed by atoms with E-state index in [9.17, 15) is 14.0 Å². The molecule has 0 fully saturated rings. The molecule has 27 heavy (non-hydrogen) atoms. The summed E-state index contributed by atoms with van der Waals surface area (Å²) < 4.78 is 18.6. The van der Waals surface area contributed by atoms with Crippen molar-refractivity contribution in [3.63, 3.8) is 0 Å². The minimum Gasteiger partial charge on any atom is -0.481 e. The molecule has 2 N–H and O–H groups in total. The summed E-state index contributed by atoms with van der Waals surface area (Å²) in [6.45, 7) is 1.64. The van der Waals surface area contributed by atoms with Crippen molar-refractivity contribution in [2.45, 2.75) is 13.5 Å². The minimum atomic E-state index is -0.519. The smallest absolute Gasteiger partial charge is 0.264 e. The van der Waals surface area contributed by atoms with Crippen LogP contribution in [0.25, 0.3) is 10.6 Å². The highest BCUT2D eigenvalue weighted by atomic mass is 32.1. The first kappa shape index (κ1) is 19.0. The minimum absolute atomic E-state index is 0.0257. The van der Waals surface area contributed by atoms with Crippen molar-refractivity contribution in [3.05, 3.63) is 52.5 Å². The van der Waals surface area contributed by atoms with Crippen LogP contribution in [0, 0.1) is 5.82 Å². The molecule has 0 bridgehead atoms. The summed E-state index contributed by atoms with van der Waals surface area (Å²) in [7, 11) is 0. The number of amides is 2. The molecule has 0 aliphatic carbocycles. The molecule has 3 rings (SSSR count). The van der Waals surface area contributed by atoms with Crippen LogP contribution in [-0.4, -0.2) is 23.4 Å². The fourth-order valence-electron chi connectivity index (χ4n) is 2.13. The number of thiazole rings is 1. The summed E-state index contributed by atoms with van der Waals surface area (Å²) in [6, 6.07) is 9.75. The Hall–Kier alpha value is -2.78. The van der Waals surface area contributed by atoms with Crippen molar-refractivity contribution in [2.24, 2.45) is 0 Å². The molecule has 2 heterocycles. The zero-order valence-electron chi connectivity index (χ0n) is 14.3. The molecule has 0 atom stereocenters. The number of nitrogens with one attached hydrogen (secondary N) is 2. The van der Waals surface area contributed by atoms with E-state index >= 15 is 0 Å². The Morgan fingerprint density at radius 3 is 2.81 bits per heavy atom. The number of hydrogen-bond acceptors (Lipinski definition) is 6. The van der Waals surface area contributed by atoms with Gasteiger partial charge in [-0.1, -0.05) is 12.1 Å². The first-order chi connectivity index (χ1) is 13.0. The van der Waals surface area contributed by atoms with Gasteiger partial charge in [-0.3, -0.25) is 14.9 Å². The second-order valence-corrected chi connectivity index (χ2v) is 7.51. The highest BCUT2D eigenvalue weighted by Gasteiger charge is 2.11. The molecule has 6 nitrogen and oxygen atoms in total. The highest BCUT2D eigenvalue weighted by molar-refractivity contribution is 7.17. The van der Waals surface area contributed by atoms with Crippen LogP contribution >= 0.6 is 22.7 Å². The normalized spacial score (nSPS) is 10.4. The van der Waals surface area contributed by atoms with Crippen molar-refractivity contribution >= 4 is 39.6 Å². The molecule has 0 aliphatic heterocycles. The van der Waals surface area contributed by atoms with Gasteiger partial charge < -0.3 is 10.1 Å². The van der Waals surface area contributed by atoms with Crippen molar-refractivity contribution in [2.75, 3.05) is 11.9 Å². The van der Waals surface area contributed by atoms with Crippen molar-refractivity contribution in [1.29, 1.82) is 0 Å². The number of carbonyl (C=O) groups excluding carboxylic acids is 2. The molecular formula is C18H16FN3O3S2. The molecule has 0 saturated carbocycles. The Morgan fingerprint density at radius 1 is 1.22 bits per heavy atom.